The molecule has 1 aromatic heterocycles. The molecule has 1 heterocycles. The summed E-state index contributed by atoms with van der Waals surface area (Å²) in [4.78, 5) is 6.30. The van der Waals surface area contributed by atoms with Crippen LogP contribution in [-0.2, 0) is 13.6 Å². The molecule has 7 heteroatoms. The molecule has 0 spiro atoms. The monoisotopic (exact) mass is 332 g/mol. The maximum absolute atomic E-state index is 6.13. The van der Waals surface area contributed by atoms with Crippen molar-refractivity contribution < 1.29 is 0 Å². The number of rotatable bonds is 4. The lowest BCUT2D eigenvalue weighted by Crippen LogP contribution is -2.15. The molecule has 0 atom stereocenters. The molecule has 2 aromatic rings. The maximum atomic E-state index is 6.13. The normalized spacial score (nSPS) is 10.7. The highest BCUT2D eigenvalue weighted by Gasteiger charge is 2.11. The van der Waals surface area contributed by atoms with Gasteiger partial charge in [0.05, 0.1) is 34.2 Å². The van der Waals surface area contributed by atoms with Crippen molar-refractivity contribution in [3.05, 3.63) is 39.1 Å². The van der Waals surface area contributed by atoms with Gasteiger partial charge < -0.3 is 14.8 Å². The molecule has 1 aromatic carbocycles. The SMILES string of the molecule is CN(C)c1ncc(CNc2c(Cl)cc(Cl)cc2Cl)n1C. The van der Waals surface area contributed by atoms with E-state index in [2.05, 4.69) is 10.3 Å². The zero-order chi connectivity index (χ0) is 14.9. The van der Waals surface area contributed by atoms with E-state index in [-0.39, 0.29) is 0 Å². The molecule has 20 heavy (non-hydrogen) atoms. The van der Waals surface area contributed by atoms with Crippen molar-refractivity contribution >= 4 is 46.4 Å². The fourth-order valence-electron chi connectivity index (χ4n) is 1.90. The second kappa shape index (κ2) is 6.12. The van der Waals surface area contributed by atoms with Crippen LogP contribution in [0.5, 0.6) is 0 Å². The third-order valence-electron chi connectivity index (χ3n) is 2.91. The van der Waals surface area contributed by atoms with Crippen molar-refractivity contribution in [3.63, 3.8) is 0 Å². The van der Waals surface area contributed by atoms with Gasteiger partial charge in [-0.15, -0.1) is 0 Å². The highest BCUT2D eigenvalue weighted by atomic mass is 35.5. The van der Waals surface area contributed by atoms with Crippen LogP contribution in [0.4, 0.5) is 11.6 Å². The third-order valence-corrected chi connectivity index (χ3v) is 3.73. The Morgan fingerprint density at radius 3 is 2.30 bits per heavy atom. The van der Waals surface area contributed by atoms with Crippen LogP contribution in [0.2, 0.25) is 15.1 Å². The first kappa shape index (κ1) is 15.3. The van der Waals surface area contributed by atoms with Crippen LogP contribution in [0.15, 0.2) is 18.3 Å². The molecule has 0 fully saturated rings. The van der Waals surface area contributed by atoms with E-state index >= 15 is 0 Å². The Labute approximate surface area is 133 Å². The van der Waals surface area contributed by atoms with Crippen LogP contribution >= 0.6 is 34.8 Å². The van der Waals surface area contributed by atoms with Crippen molar-refractivity contribution in [1.29, 1.82) is 0 Å². The van der Waals surface area contributed by atoms with Crippen molar-refractivity contribution in [2.45, 2.75) is 6.54 Å². The highest BCUT2D eigenvalue weighted by Crippen LogP contribution is 2.34. The fraction of sp³-hybridized carbons (Fsp3) is 0.308. The largest absolute Gasteiger partial charge is 0.377 e. The van der Waals surface area contributed by atoms with Crippen LogP contribution in [-0.4, -0.2) is 23.6 Å². The number of halogens is 3. The van der Waals surface area contributed by atoms with E-state index < -0.39 is 0 Å². The summed E-state index contributed by atoms with van der Waals surface area (Å²) in [6.07, 6.45) is 1.82. The minimum Gasteiger partial charge on any atom is -0.377 e. The molecular weight excluding hydrogens is 319 g/mol. The van der Waals surface area contributed by atoms with E-state index in [4.69, 9.17) is 34.8 Å². The van der Waals surface area contributed by atoms with Crippen molar-refractivity contribution in [2.24, 2.45) is 7.05 Å². The average Bonchev–Trinajstić information content (AvgIpc) is 2.69. The van der Waals surface area contributed by atoms with Gasteiger partial charge in [-0.2, -0.15) is 0 Å². The van der Waals surface area contributed by atoms with Crippen molar-refractivity contribution in [1.82, 2.24) is 9.55 Å². The Bertz CT molecular complexity index is 599. The van der Waals surface area contributed by atoms with E-state index in [1.54, 1.807) is 12.1 Å². The van der Waals surface area contributed by atoms with Gasteiger partial charge in [0, 0.05) is 26.2 Å². The lowest BCUT2D eigenvalue weighted by Gasteiger charge is -2.14. The molecular formula is C13H15Cl3N4. The minimum absolute atomic E-state index is 0.498. The van der Waals surface area contributed by atoms with Crippen LogP contribution in [0.1, 0.15) is 5.69 Å². The Morgan fingerprint density at radius 2 is 1.80 bits per heavy atom. The molecule has 108 valence electrons. The number of hydrogen-bond donors (Lipinski definition) is 1. The fourth-order valence-corrected chi connectivity index (χ4v) is 2.85. The van der Waals surface area contributed by atoms with E-state index in [1.165, 1.54) is 0 Å². The summed E-state index contributed by atoms with van der Waals surface area (Å²) in [6, 6.07) is 3.32. The third kappa shape index (κ3) is 3.14. The Hall–Kier alpha value is -1.10. The van der Waals surface area contributed by atoms with Crippen molar-refractivity contribution in [3.8, 4) is 0 Å². The van der Waals surface area contributed by atoms with Crippen LogP contribution in [0.25, 0.3) is 0 Å². The summed E-state index contributed by atoms with van der Waals surface area (Å²) in [6.45, 7) is 0.568. The van der Waals surface area contributed by atoms with Gasteiger partial charge >= 0.3 is 0 Å². The Morgan fingerprint density at radius 1 is 1.20 bits per heavy atom. The minimum atomic E-state index is 0.498. The molecule has 0 radical (unpaired) electrons. The number of nitrogens with zero attached hydrogens (tertiary/aromatic N) is 3. The predicted molar refractivity (Wildman–Crippen MR) is 86.3 cm³/mol. The summed E-state index contributed by atoms with van der Waals surface area (Å²) in [5, 5.41) is 4.73. The van der Waals surface area contributed by atoms with Gasteiger partial charge in [-0.25, -0.2) is 4.98 Å². The lowest BCUT2D eigenvalue weighted by atomic mass is 10.3. The molecule has 0 amide bonds. The summed E-state index contributed by atoms with van der Waals surface area (Å²) < 4.78 is 2.00. The van der Waals surface area contributed by atoms with Gasteiger partial charge in [-0.3, -0.25) is 0 Å². The molecule has 0 unspecified atom stereocenters. The summed E-state index contributed by atoms with van der Waals surface area (Å²) in [7, 11) is 5.86. The summed E-state index contributed by atoms with van der Waals surface area (Å²) in [5.74, 6) is 0.884. The second-order valence-corrected chi connectivity index (χ2v) is 5.85. The molecule has 0 bridgehead atoms. The predicted octanol–water partition coefficient (Wildman–Crippen LogP) is 4.06. The van der Waals surface area contributed by atoms with Gasteiger partial charge in [0.15, 0.2) is 0 Å². The number of nitrogens with one attached hydrogen (secondary N) is 1. The zero-order valence-electron chi connectivity index (χ0n) is 11.4. The second-order valence-electron chi connectivity index (χ2n) is 4.60. The standard InChI is InChI=1S/C13H15Cl3N4/c1-19(2)13-18-7-9(20(13)3)6-17-12-10(15)4-8(14)5-11(12)16/h4-5,7,17H,6H2,1-3H3. The summed E-state index contributed by atoms with van der Waals surface area (Å²) in [5.41, 5.74) is 1.70. The van der Waals surface area contributed by atoms with Crippen LogP contribution in [0, 0.1) is 0 Å². The van der Waals surface area contributed by atoms with Gasteiger partial charge in [-0.05, 0) is 12.1 Å². The molecule has 0 aliphatic heterocycles. The Kier molecular flexibility index (Phi) is 4.68. The highest BCUT2D eigenvalue weighted by molar-refractivity contribution is 6.41. The molecule has 0 aliphatic carbocycles. The van der Waals surface area contributed by atoms with Crippen molar-refractivity contribution in [2.75, 3.05) is 24.3 Å². The van der Waals surface area contributed by atoms with E-state index in [0.29, 0.717) is 27.3 Å². The molecule has 0 saturated carbocycles. The lowest BCUT2D eigenvalue weighted by molar-refractivity contribution is 0.814. The van der Waals surface area contributed by atoms with Crippen LogP contribution in [0.3, 0.4) is 0 Å². The van der Waals surface area contributed by atoms with Gasteiger partial charge in [-0.1, -0.05) is 34.8 Å². The summed E-state index contributed by atoms with van der Waals surface area (Å²) >= 11 is 18.2. The quantitative estimate of drug-likeness (QED) is 0.916. The average molecular weight is 334 g/mol. The molecule has 4 nitrogen and oxygen atoms in total. The Balaban J connectivity index is 2.17. The van der Waals surface area contributed by atoms with E-state index in [9.17, 15) is 0 Å². The molecule has 2 rings (SSSR count). The number of anilines is 2. The van der Waals surface area contributed by atoms with Crippen LogP contribution < -0.4 is 10.2 Å². The van der Waals surface area contributed by atoms with Gasteiger partial charge in [0.2, 0.25) is 5.95 Å². The van der Waals surface area contributed by atoms with E-state index in [1.807, 2.05) is 36.8 Å². The first-order valence-corrected chi connectivity index (χ1v) is 7.10. The van der Waals surface area contributed by atoms with Gasteiger partial charge in [0.25, 0.3) is 0 Å². The smallest absolute Gasteiger partial charge is 0.204 e. The first-order valence-electron chi connectivity index (χ1n) is 5.96. The molecule has 0 saturated heterocycles. The first-order chi connectivity index (χ1) is 9.40. The molecule has 1 N–H and O–H groups in total. The van der Waals surface area contributed by atoms with E-state index in [0.717, 1.165) is 11.6 Å². The topological polar surface area (TPSA) is 33.1 Å². The zero-order valence-corrected chi connectivity index (χ0v) is 13.7. The number of aromatic nitrogens is 2. The molecule has 0 aliphatic rings. The number of benzene rings is 1. The van der Waals surface area contributed by atoms with Gasteiger partial charge in [0.1, 0.15) is 0 Å². The number of hydrogen-bond acceptors (Lipinski definition) is 3. The number of imidazole rings is 1. The maximum Gasteiger partial charge on any atom is 0.204 e.